The Labute approximate surface area is 217 Å². The van der Waals surface area contributed by atoms with Gasteiger partial charge < -0.3 is 4.74 Å². The molecule has 1 aliphatic carbocycles. The topological polar surface area (TPSA) is 52.1 Å². The Morgan fingerprint density at radius 1 is 0.889 bits per heavy atom. The molecule has 1 heterocycles. The van der Waals surface area contributed by atoms with Crippen LogP contribution in [0.25, 0.3) is 11.4 Å². The van der Waals surface area contributed by atoms with Crippen LogP contribution < -0.4 is 0 Å². The van der Waals surface area contributed by atoms with Crippen molar-refractivity contribution < 1.29 is 13.9 Å². The van der Waals surface area contributed by atoms with Crippen LogP contribution in [0.3, 0.4) is 0 Å². The van der Waals surface area contributed by atoms with Crippen LogP contribution in [0.5, 0.6) is 0 Å². The second-order valence-corrected chi connectivity index (χ2v) is 10.5. The number of rotatable bonds is 15. The van der Waals surface area contributed by atoms with Crippen LogP contribution in [0.1, 0.15) is 126 Å². The summed E-state index contributed by atoms with van der Waals surface area (Å²) < 4.78 is 20.5. The van der Waals surface area contributed by atoms with Crippen LogP contribution in [0.2, 0.25) is 0 Å². The first-order chi connectivity index (χ1) is 17.6. The third kappa shape index (κ3) is 9.29. The summed E-state index contributed by atoms with van der Waals surface area (Å²) >= 11 is 0. The van der Waals surface area contributed by atoms with Crippen molar-refractivity contribution in [2.24, 2.45) is 5.92 Å². The highest BCUT2D eigenvalue weighted by molar-refractivity contribution is 5.90. The lowest BCUT2D eigenvalue weighted by molar-refractivity contribution is 0.0156. The van der Waals surface area contributed by atoms with Gasteiger partial charge in [-0.2, -0.15) is 0 Å². The maximum absolute atomic E-state index is 14.8. The van der Waals surface area contributed by atoms with Crippen molar-refractivity contribution in [1.29, 1.82) is 0 Å². The molecule has 0 N–H and O–H groups in total. The molecule has 0 saturated heterocycles. The maximum Gasteiger partial charge on any atom is 0.341 e. The molecular formula is C31H45FN2O2. The fourth-order valence-electron chi connectivity index (χ4n) is 5.18. The molecule has 0 aliphatic heterocycles. The molecule has 2 aromatic rings. The Morgan fingerprint density at radius 3 is 2.19 bits per heavy atom. The van der Waals surface area contributed by atoms with Crippen LogP contribution in [-0.4, -0.2) is 22.0 Å². The highest BCUT2D eigenvalue weighted by atomic mass is 19.1. The normalized spacial score (nSPS) is 17.8. The molecule has 5 heteroatoms. The Kier molecular flexibility index (Phi) is 12.4. The first-order valence-corrected chi connectivity index (χ1v) is 14.4. The number of hydrogen-bond donors (Lipinski definition) is 0. The lowest BCUT2D eigenvalue weighted by Crippen LogP contribution is -2.25. The number of unbranched alkanes of at least 4 members (excludes halogenated alkanes) is 8. The zero-order valence-corrected chi connectivity index (χ0v) is 22.4. The number of ether oxygens (including phenoxy) is 1. The van der Waals surface area contributed by atoms with Crippen molar-refractivity contribution in [1.82, 2.24) is 9.97 Å². The molecule has 0 unspecified atom stereocenters. The molecule has 1 aliphatic rings. The Hall–Kier alpha value is -2.30. The van der Waals surface area contributed by atoms with Gasteiger partial charge in [-0.05, 0) is 62.1 Å². The molecule has 0 radical (unpaired) electrons. The number of carbonyl (C=O) groups is 1. The van der Waals surface area contributed by atoms with E-state index in [1.54, 1.807) is 6.07 Å². The van der Waals surface area contributed by atoms with Crippen molar-refractivity contribution in [3.8, 4) is 11.4 Å². The highest BCUT2D eigenvalue weighted by Crippen LogP contribution is 2.31. The molecule has 0 amide bonds. The summed E-state index contributed by atoms with van der Waals surface area (Å²) in [4.78, 5) is 21.5. The van der Waals surface area contributed by atoms with Crippen molar-refractivity contribution in [2.45, 2.75) is 123 Å². The van der Waals surface area contributed by atoms with E-state index in [9.17, 15) is 9.18 Å². The molecule has 1 aromatic carbocycles. The molecule has 1 aromatic heterocycles. The fourth-order valence-corrected chi connectivity index (χ4v) is 5.18. The van der Waals surface area contributed by atoms with E-state index in [0.717, 1.165) is 50.0 Å². The number of aryl methyl sites for hydroxylation is 1. The van der Waals surface area contributed by atoms with Gasteiger partial charge in [0.25, 0.3) is 0 Å². The first kappa shape index (κ1) is 28.3. The molecule has 4 nitrogen and oxygen atoms in total. The summed E-state index contributed by atoms with van der Waals surface area (Å²) in [6, 6.07) is 4.54. The van der Waals surface area contributed by atoms with Gasteiger partial charge in [0.15, 0.2) is 5.82 Å². The van der Waals surface area contributed by atoms with Crippen LogP contribution in [0, 0.1) is 11.7 Å². The van der Waals surface area contributed by atoms with Gasteiger partial charge in [-0.15, -0.1) is 0 Å². The van der Waals surface area contributed by atoms with E-state index in [-0.39, 0.29) is 11.7 Å². The highest BCUT2D eigenvalue weighted by Gasteiger charge is 2.25. The fraction of sp³-hybridized carbons (Fsp3) is 0.645. The molecule has 0 atom stereocenters. The molecule has 0 bridgehead atoms. The van der Waals surface area contributed by atoms with Crippen LogP contribution in [0.4, 0.5) is 4.39 Å². The summed E-state index contributed by atoms with van der Waals surface area (Å²) in [5.74, 6) is 0.0605. The minimum absolute atomic E-state index is 0.0138. The van der Waals surface area contributed by atoms with Gasteiger partial charge in [0, 0.05) is 18.0 Å². The van der Waals surface area contributed by atoms with Gasteiger partial charge in [0.05, 0.1) is 5.56 Å². The largest absolute Gasteiger partial charge is 0.459 e. The van der Waals surface area contributed by atoms with E-state index in [0.29, 0.717) is 11.4 Å². The van der Waals surface area contributed by atoms with E-state index >= 15 is 0 Å². The first-order valence-electron chi connectivity index (χ1n) is 14.4. The third-order valence-electron chi connectivity index (χ3n) is 7.50. The predicted molar refractivity (Wildman–Crippen MR) is 144 cm³/mol. The number of halogens is 1. The van der Waals surface area contributed by atoms with Crippen molar-refractivity contribution in [3.05, 3.63) is 47.5 Å². The molecule has 3 rings (SSSR count). The molecule has 0 spiro atoms. The second kappa shape index (κ2) is 15.7. The minimum Gasteiger partial charge on any atom is -0.459 e. The van der Waals surface area contributed by atoms with Gasteiger partial charge >= 0.3 is 5.97 Å². The molecule has 36 heavy (non-hydrogen) atoms. The smallest absolute Gasteiger partial charge is 0.341 e. The lowest BCUT2D eigenvalue weighted by atomic mass is 9.84. The summed E-state index contributed by atoms with van der Waals surface area (Å²) in [5.41, 5.74) is 1.66. The lowest BCUT2D eigenvalue weighted by Gasteiger charge is -2.28. The SMILES string of the molecule is CCCCCCCCc1cnc(-c2ccc(C(=O)OC3CCC(CCCCCC)CC3)c(F)c2)nc1. The predicted octanol–water partition coefficient (Wildman–Crippen LogP) is 8.87. The number of carbonyl (C=O) groups excluding carboxylic acids is 1. The summed E-state index contributed by atoms with van der Waals surface area (Å²) in [6.07, 6.45) is 22.4. The average molecular weight is 497 g/mol. The van der Waals surface area contributed by atoms with Gasteiger partial charge in [-0.1, -0.05) is 84.1 Å². The van der Waals surface area contributed by atoms with E-state index < -0.39 is 11.8 Å². The monoisotopic (exact) mass is 496 g/mol. The zero-order valence-electron chi connectivity index (χ0n) is 22.4. The van der Waals surface area contributed by atoms with E-state index in [2.05, 4.69) is 23.8 Å². The molecule has 1 fully saturated rings. The number of aromatic nitrogens is 2. The van der Waals surface area contributed by atoms with E-state index in [4.69, 9.17) is 4.74 Å². The van der Waals surface area contributed by atoms with Crippen molar-refractivity contribution >= 4 is 5.97 Å². The van der Waals surface area contributed by atoms with Gasteiger partial charge in [-0.3, -0.25) is 0 Å². The van der Waals surface area contributed by atoms with Gasteiger partial charge in [0.1, 0.15) is 11.9 Å². The quantitative estimate of drug-likeness (QED) is 0.182. The van der Waals surface area contributed by atoms with Crippen LogP contribution >= 0.6 is 0 Å². The molecule has 1 saturated carbocycles. The number of esters is 1. The van der Waals surface area contributed by atoms with E-state index in [1.165, 1.54) is 76.3 Å². The van der Waals surface area contributed by atoms with Crippen LogP contribution in [0.15, 0.2) is 30.6 Å². The minimum atomic E-state index is -0.582. The number of hydrogen-bond acceptors (Lipinski definition) is 4. The summed E-state index contributed by atoms with van der Waals surface area (Å²) in [5, 5.41) is 0. The second-order valence-electron chi connectivity index (χ2n) is 10.5. The Morgan fingerprint density at radius 2 is 1.53 bits per heavy atom. The standard InChI is InChI=1S/C31H45FN2O2/c1-3-5-7-9-10-12-14-25-22-33-30(34-23-25)26-17-20-28(29(32)21-26)31(35)36-27-18-15-24(16-19-27)13-11-8-6-4-2/h17,20-24,27H,3-16,18-19H2,1-2H3. The van der Waals surface area contributed by atoms with Crippen molar-refractivity contribution in [3.63, 3.8) is 0 Å². The number of benzene rings is 1. The van der Waals surface area contributed by atoms with E-state index in [1.807, 2.05) is 12.4 Å². The zero-order chi connectivity index (χ0) is 25.6. The van der Waals surface area contributed by atoms with Crippen LogP contribution in [-0.2, 0) is 11.2 Å². The Bertz CT molecular complexity index is 907. The average Bonchev–Trinajstić information content (AvgIpc) is 2.90. The Balaban J connectivity index is 1.45. The van der Waals surface area contributed by atoms with Gasteiger partial charge in [0.2, 0.25) is 0 Å². The molecular weight excluding hydrogens is 451 g/mol. The summed E-state index contributed by atoms with van der Waals surface area (Å²) in [6.45, 7) is 4.46. The summed E-state index contributed by atoms with van der Waals surface area (Å²) in [7, 11) is 0. The van der Waals surface area contributed by atoms with Crippen molar-refractivity contribution in [2.75, 3.05) is 0 Å². The number of nitrogens with zero attached hydrogens (tertiary/aromatic N) is 2. The van der Waals surface area contributed by atoms with Gasteiger partial charge in [-0.25, -0.2) is 19.2 Å². The molecule has 198 valence electrons. The third-order valence-corrected chi connectivity index (χ3v) is 7.50. The maximum atomic E-state index is 14.8.